The van der Waals surface area contributed by atoms with Gasteiger partial charge in [-0.3, -0.25) is 0 Å². The number of benzene rings is 1. The van der Waals surface area contributed by atoms with E-state index in [1.165, 1.54) is 44.1 Å². The summed E-state index contributed by atoms with van der Waals surface area (Å²) in [5, 5.41) is 4.24. The van der Waals surface area contributed by atoms with Gasteiger partial charge in [0, 0.05) is 23.9 Å². The summed E-state index contributed by atoms with van der Waals surface area (Å²) in [6.07, 6.45) is 8.37. The first-order valence-corrected chi connectivity index (χ1v) is 12.3. The van der Waals surface area contributed by atoms with Crippen molar-refractivity contribution in [1.82, 2.24) is 5.32 Å². The summed E-state index contributed by atoms with van der Waals surface area (Å²) in [5.41, 5.74) is 5.76. The summed E-state index contributed by atoms with van der Waals surface area (Å²) >= 11 is 0. The number of nitrogens with one attached hydrogen (secondary N) is 1. The van der Waals surface area contributed by atoms with E-state index in [0.29, 0.717) is 34.7 Å². The van der Waals surface area contributed by atoms with Crippen LogP contribution in [0.5, 0.6) is 0 Å². The van der Waals surface area contributed by atoms with Crippen LogP contribution in [0.25, 0.3) is 0 Å². The maximum absolute atomic E-state index is 4.24. The Morgan fingerprint density at radius 1 is 0.793 bits per heavy atom. The molecular formula is C28H45N. The molecule has 2 fully saturated rings. The van der Waals surface area contributed by atoms with Gasteiger partial charge in [0.15, 0.2) is 0 Å². The van der Waals surface area contributed by atoms with Crippen LogP contribution in [0.4, 0.5) is 0 Å². The van der Waals surface area contributed by atoms with Gasteiger partial charge >= 0.3 is 0 Å². The quantitative estimate of drug-likeness (QED) is 0.545. The number of hydrogen-bond acceptors (Lipinski definition) is 1. The molecule has 1 heteroatoms. The molecule has 0 aromatic heterocycles. The lowest BCUT2D eigenvalue weighted by molar-refractivity contribution is 0.0994. The molecule has 1 saturated heterocycles. The summed E-state index contributed by atoms with van der Waals surface area (Å²) in [4.78, 5) is 0. The first-order valence-electron chi connectivity index (χ1n) is 12.3. The third-order valence-electron chi connectivity index (χ3n) is 8.89. The van der Waals surface area contributed by atoms with E-state index in [-0.39, 0.29) is 5.41 Å². The van der Waals surface area contributed by atoms with Gasteiger partial charge in [-0.15, -0.1) is 0 Å². The minimum absolute atomic E-state index is 0.215. The molecule has 0 spiro atoms. The zero-order chi connectivity index (χ0) is 21.2. The minimum atomic E-state index is 0.215. The smallest absolute Gasteiger partial charge is 0.0213 e. The highest BCUT2D eigenvalue weighted by molar-refractivity contribution is 5.47. The summed E-state index contributed by atoms with van der Waals surface area (Å²) in [7, 11) is 0. The summed E-state index contributed by atoms with van der Waals surface area (Å²) in [6, 6.07) is 8.78. The Bertz CT molecular complexity index is 739. The second-order valence-corrected chi connectivity index (χ2v) is 13.2. The third-order valence-corrected chi connectivity index (χ3v) is 8.89. The Morgan fingerprint density at radius 2 is 1.45 bits per heavy atom. The van der Waals surface area contributed by atoms with Gasteiger partial charge in [-0.25, -0.2) is 0 Å². The monoisotopic (exact) mass is 395 g/mol. The van der Waals surface area contributed by atoms with E-state index in [1.54, 1.807) is 11.1 Å². The Labute approximate surface area is 180 Å². The van der Waals surface area contributed by atoms with Crippen LogP contribution in [0.1, 0.15) is 122 Å². The zero-order valence-corrected chi connectivity index (χ0v) is 20.4. The number of fused-ring (bicyclic) bond motifs is 3. The molecule has 2 aliphatic carbocycles. The van der Waals surface area contributed by atoms with Crippen LogP contribution in [-0.2, 0) is 5.41 Å². The average Bonchev–Trinajstić information content (AvgIpc) is 3.26. The van der Waals surface area contributed by atoms with E-state index in [4.69, 9.17) is 0 Å². The maximum atomic E-state index is 4.24. The highest BCUT2D eigenvalue weighted by Gasteiger charge is 2.53. The minimum Gasteiger partial charge on any atom is -0.309 e. The van der Waals surface area contributed by atoms with Gasteiger partial charge in [0.2, 0.25) is 0 Å². The second kappa shape index (κ2) is 7.11. The van der Waals surface area contributed by atoms with Crippen molar-refractivity contribution < 1.29 is 0 Å². The van der Waals surface area contributed by atoms with Crippen molar-refractivity contribution in [2.24, 2.45) is 16.7 Å². The summed E-state index contributed by atoms with van der Waals surface area (Å²) in [6.45, 7) is 19.6. The van der Waals surface area contributed by atoms with E-state index in [2.05, 4.69) is 78.9 Å². The number of hydrogen-bond donors (Lipinski definition) is 1. The standard InChI is InChI=1S/C28H45N/c1-26(2,3)19-13-14-20-21-15-16-23(27(4,5)6)29-25(21)24(22(20)17-19)28(7,8)18-11-9-10-12-18/h13-14,17-18,21,23-25,29H,9-12,15-16H2,1-8H3. The highest BCUT2D eigenvalue weighted by Crippen LogP contribution is 2.59. The molecule has 29 heavy (non-hydrogen) atoms. The van der Waals surface area contributed by atoms with Crippen molar-refractivity contribution in [2.75, 3.05) is 0 Å². The highest BCUT2D eigenvalue weighted by atomic mass is 15.0. The van der Waals surface area contributed by atoms with Crippen LogP contribution in [0.3, 0.4) is 0 Å². The summed E-state index contributed by atoms with van der Waals surface area (Å²) in [5.74, 6) is 2.20. The Hall–Kier alpha value is -0.820. The molecular weight excluding hydrogens is 350 g/mol. The van der Waals surface area contributed by atoms with Crippen molar-refractivity contribution in [1.29, 1.82) is 0 Å². The Balaban J connectivity index is 1.79. The molecule has 1 saturated carbocycles. The van der Waals surface area contributed by atoms with Crippen molar-refractivity contribution in [3.05, 3.63) is 34.9 Å². The fourth-order valence-corrected chi connectivity index (χ4v) is 6.95. The lowest BCUT2D eigenvalue weighted by atomic mass is 9.63. The van der Waals surface area contributed by atoms with Gasteiger partial charge in [0.05, 0.1) is 0 Å². The molecule has 1 aliphatic heterocycles. The van der Waals surface area contributed by atoms with Gasteiger partial charge in [0.1, 0.15) is 0 Å². The molecule has 1 nitrogen and oxygen atoms in total. The molecule has 1 N–H and O–H groups in total. The van der Waals surface area contributed by atoms with Crippen LogP contribution >= 0.6 is 0 Å². The van der Waals surface area contributed by atoms with Gasteiger partial charge in [-0.1, -0.05) is 86.4 Å². The van der Waals surface area contributed by atoms with E-state index in [0.717, 1.165) is 5.92 Å². The molecule has 4 atom stereocenters. The van der Waals surface area contributed by atoms with Crippen molar-refractivity contribution in [3.63, 3.8) is 0 Å². The van der Waals surface area contributed by atoms with Crippen molar-refractivity contribution in [2.45, 2.75) is 123 Å². The van der Waals surface area contributed by atoms with Gasteiger partial charge in [-0.2, -0.15) is 0 Å². The predicted octanol–water partition coefficient (Wildman–Crippen LogP) is 7.55. The fraction of sp³-hybridized carbons (Fsp3) is 0.786. The fourth-order valence-electron chi connectivity index (χ4n) is 6.95. The predicted molar refractivity (Wildman–Crippen MR) is 126 cm³/mol. The Morgan fingerprint density at radius 3 is 2.03 bits per heavy atom. The van der Waals surface area contributed by atoms with Crippen LogP contribution in [0, 0.1) is 16.7 Å². The van der Waals surface area contributed by atoms with Gasteiger partial charge in [-0.05, 0) is 64.5 Å². The molecule has 0 radical (unpaired) electrons. The van der Waals surface area contributed by atoms with Crippen molar-refractivity contribution >= 4 is 0 Å². The normalized spacial score (nSPS) is 31.0. The molecule has 3 aliphatic rings. The first-order chi connectivity index (χ1) is 13.4. The largest absolute Gasteiger partial charge is 0.309 e. The molecule has 1 aromatic carbocycles. The second-order valence-electron chi connectivity index (χ2n) is 13.2. The molecule has 4 unspecified atom stereocenters. The lowest BCUT2D eigenvalue weighted by Gasteiger charge is -2.47. The molecule has 4 rings (SSSR count). The van der Waals surface area contributed by atoms with Gasteiger partial charge in [0.25, 0.3) is 0 Å². The zero-order valence-electron chi connectivity index (χ0n) is 20.4. The molecule has 0 amide bonds. The van der Waals surface area contributed by atoms with Crippen LogP contribution < -0.4 is 5.32 Å². The van der Waals surface area contributed by atoms with Crippen LogP contribution in [0.2, 0.25) is 0 Å². The van der Waals surface area contributed by atoms with E-state index < -0.39 is 0 Å². The third kappa shape index (κ3) is 3.71. The summed E-state index contributed by atoms with van der Waals surface area (Å²) < 4.78 is 0. The molecule has 0 bridgehead atoms. The van der Waals surface area contributed by atoms with E-state index in [9.17, 15) is 0 Å². The van der Waals surface area contributed by atoms with Crippen molar-refractivity contribution in [3.8, 4) is 0 Å². The van der Waals surface area contributed by atoms with Gasteiger partial charge < -0.3 is 5.32 Å². The number of piperidine rings is 1. The molecule has 162 valence electrons. The van der Waals surface area contributed by atoms with Crippen LogP contribution in [-0.4, -0.2) is 12.1 Å². The van der Waals surface area contributed by atoms with E-state index in [1.807, 2.05) is 0 Å². The van der Waals surface area contributed by atoms with E-state index >= 15 is 0 Å². The maximum Gasteiger partial charge on any atom is 0.0213 e. The Kier molecular flexibility index (Phi) is 5.25. The topological polar surface area (TPSA) is 12.0 Å². The lowest BCUT2D eigenvalue weighted by Crippen LogP contribution is -2.54. The van der Waals surface area contributed by atoms with Crippen LogP contribution in [0.15, 0.2) is 18.2 Å². The SMILES string of the molecule is CC(C)(C)c1ccc2c(c1)C(C(C)(C)C1CCCC1)C1NC(C(C)(C)C)CCC21. The number of rotatable bonds is 2. The first kappa shape index (κ1) is 21.4. The average molecular weight is 396 g/mol. The molecule has 1 heterocycles. The molecule has 1 aromatic rings.